The Bertz CT molecular complexity index is 1020. The fraction of sp³-hybridized carbons (Fsp3) is 0.560. The molecule has 0 aliphatic carbocycles. The molecule has 4 N–H and O–H groups in total. The SMILES string of the molecule is CC(C)(C)OC(=O)NCCCNCCCCNc1cccc2c1C(=O)N(C1CCC(=O)NC1=O)C2=O. The van der Waals surface area contributed by atoms with Gasteiger partial charge in [-0.15, -0.1) is 0 Å². The number of imide groups is 2. The average molecular weight is 502 g/mol. The van der Waals surface area contributed by atoms with Crippen LogP contribution in [-0.4, -0.2) is 72.4 Å². The lowest BCUT2D eigenvalue weighted by molar-refractivity contribution is -0.136. The van der Waals surface area contributed by atoms with Crippen LogP contribution in [-0.2, 0) is 14.3 Å². The molecule has 2 aliphatic rings. The maximum Gasteiger partial charge on any atom is 0.407 e. The molecular formula is C25H35N5O6. The normalized spacial score (nSPS) is 17.6. The second-order valence-electron chi connectivity index (χ2n) is 9.84. The van der Waals surface area contributed by atoms with Gasteiger partial charge in [-0.25, -0.2) is 4.79 Å². The van der Waals surface area contributed by atoms with Gasteiger partial charge in [0.05, 0.1) is 11.1 Å². The molecule has 2 heterocycles. The van der Waals surface area contributed by atoms with Crippen molar-refractivity contribution in [3.8, 4) is 0 Å². The van der Waals surface area contributed by atoms with Gasteiger partial charge in [0.2, 0.25) is 11.8 Å². The molecular weight excluding hydrogens is 466 g/mol. The van der Waals surface area contributed by atoms with E-state index in [1.807, 2.05) is 20.8 Å². The number of anilines is 1. The Labute approximate surface area is 210 Å². The van der Waals surface area contributed by atoms with Gasteiger partial charge in [-0.1, -0.05) is 6.07 Å². The molecule has 0 radical (unpaired) electrons. The first-order valence-corrected chi connectivity index (χ1v) is 12.3. The highest BCUT2D eigenvalue weighted by atomic mass is 16.6. The van der Waals surface area contributed by atoms with Gasteiger partial charge in [0.1, 0.15) is 11.6 Å². The molecule has 1 saturated heterocycles. The third-order valence-corrected chi connectivity index (χ3v) is 5.76. The Morgan fingerprint density at radius 1 is 1.03 bits per heavy atom. The van der Waals surface area contributed by atoms with Crippen molar-refractivity contribution < 1.29 is 28.7 Å². The predicted molar refractivity (Wildman–Crippen MR) is 133 cm³/mol. The molecule has 0 saturated carbocycles. The fourth-order valence-corrected chi connectivity index (χ4v) is 4.10. The predicted octanol–water partition coefficient (Wildman–Crippen LogP) is 1.78. The third kappa shape index (κ3) is 7.03. The molecule has 0 aromatic heterocycles. The molecule has 1 aromatic carbocycles. The minimum atomic E-state index is -0.978. The maximum absolute atomic E-state index is 13.1. The van der Waals surface area contributed by atoms with E-state index in [4.69, 9.17) is 4.74 Å². The Kier molecular flexibility index (Phi) is 9.03. The molecule has 1 unspecified atom stereocenters. The lowest BCUT2D eigenvalue weighted by Gasteiger charge is -2.27. The number of hydrogen-bond donors (Lipinski definition) is 4. The van der Waals surface area contributed by atoms with Crippen LogP contribution in [0.25, 0.3) is 0 Å². The van der Waals surface area contributed by atoms with Crippen LogP contribution >= 0.6 is 0 Å². The van der Waals surface area contributed by atoms with Crippen molar-refractivity contribution in [2.24, 2.45) is 0 Å². The van der Waals surface area contributed by atoms with Gasteiger partial charge in [0.25, 0.3) is 11.8 Å². The van der Waals surface area contributed by atoms with Crippen LogP contribution in [0.5, 0.6) is 0 Å². The largest absolute Gasteiger partial charge is 0.444 e. The Hall–Kier alpha value is -3.47. The van der Waals surface area contributed by atoms with E-state index < -0.39 is 41.4 Å². The van der Waals surface area contributed by atoms with Crippen LogP contribution in [0.3, 0.4) is 0 Å². The zero-order chi connectivity index (χ0) is 26.3. The summed E-state index contributed by atoms with van der Waals surface area (Å²) >= 11 is 0. The Morgan fingerprint density at radius 3 is 2.47 bits per heavy atom. The van der Waals surface area contributed by atoms with E-state index in [0.717, 1.165) is 37.3 Å². The van der Waals surface area contributed by atoms with Crippen molar-refractivity contribution in [1.29, 1.82) is 0 Å². The third-order valence-electron chi connectivity index (χ3n) is 5.76. The van der Waals surface area contributed by atoms with Crippen molar-refractivity contribution in [2.75, 3.05) is 31.5 Å². The van der Waals surface area contributed by atoms with Crippen molar-refractivity contribution >= 4 is 35.4 Å². The van der Waals surface area contributed by atoms with Crippen LogP contribution in [0, 0.1) is 0 Å². The second-order valence-corrected chi connectivity index (χ2v) is 9.84. The summed E-state index contributed by atoms with van der Waals surface area (Å²) in [6.45, 7) is 8.18. The number of nitrogens with one attached hydrogen (secondary N) is 4. The monoisotopic (exact) mass is 501 g/mol. The quantitative estimate of drug-likeness (QED) is 0.265. The first-order valence-electron chi connectivity index (χ1n) is 12.3. The van der Waals surface area contributed by atoms with Gasteiger partial charge in [0.15, 0.2) is 0 Å². The number of ether oxygens (including phenoxy) is 1. The number of benzene rings is 1. The highest BCUT2D eigenvalue weighted by Gasteiger charge is 2.45. The molecule has 5 amide bonds. The number of rotatable bonds is 11. The summed E-state index contributed by atoms with van der Waals surface area (Å²) in [5.41, 5.74) is 0.576. The zero-order valence-electron chi connectivity index (χ0n) is 21.1. The number of amides is 5. The molecule has 1 aromatic rings. The summed E-state index contributed by atoms with van der Waals surface area (Å²) in [7, 11) is 0. The number of carbonyl (C=O) groups excluding carboxylic acids is 5. The summed E-state index contributed by atoms with van der Waals surface area (Å²) in [5, 5.41) is 11.5. The minimum absolute atomic E-state index is 0.0865. The van der Waals surface area contributed by atoms with Gasteiger partial charge in [0, 0.05) is 25.2 Å². The van der Waals surface area contributed by atoms with E-state index in [0.29, 0.717) is 18.8 Å². The summed E-state index contributed by atoms with van der Waals surface area (Å²) in [6.07, 6.45) is 2.32. The van der Waals surface area contributed by atoms with Gasteiger partial charge in [-0.3, -0.25) is 29.4 Å². The van der Waals surface area contributed by atoms with Crippen LogP contribution in [0.15, 0.2) is 18.2 Å². The zero-order valence-corrected chi connectivity index (χ0v) is 21.1. The Balaban J connectivity index is 1.38. The fourth-order valence-electron chi connectivity index (χ4n) is 4.10. The standard InChI is InChI=1S/C25H35N5O6/c1-25(2,3)36-24(35)28-15-7-13-26-12-4-5-14-27-17-9-6-8-16-20(17)23(34)30(22(16)33)18-10-11-19(31)29-21(18)32/h6,8-9,18,26-27H,4-5,7,10-15H2,1-3H3,(H,28,35)(H,29,31,32). The Morgan fingerprint density at radius 2 is 1.75 bits per heavy atom. The van der Waals surface area contributed by atoms with E-state index in [9.17, 15) is 24.0 Å². The summed E-state index contributed by atoms with van der Waals surface area (Å²) in [4.78, 5) is 62.2. The second kappa shape index (κ2) is 12.0. The van der Waals surface area contributed by atoms with Gasteiger partial charge < -0.3 is 20.7 Å². The van der Waals surface area contributed by atoms with Crippen molar-refractivity contribution in [2.45, 2.75) is 64.5 Å². The number of unbranched alkanes of at least 4 members (excludes halogenated alkanes) is 1. The molecule has 0 spiro atoms. The minimum Gasteiger partial charge on any atom is -0.444 e. The molecule has 1 atom stereocenters. The van der Waals surface area contributed by atoms with E-state index in [2.05, 4.69) is 21.3 Å². The van der Waals surface area contributed by atoms with Gasteiger partial charge >= 0.3 is 6.09 Å². The number of piperidine rings is 1. The molecule has 11 nitrogen and oxygen atoms in total. The topological polar surface area (TPSA) is 146 Å². The van der Waals surface area contributed by atoms with Crippen LogP contribution in [0.4, 0.5) is 10.5 Å². The van der Waals surface area contributed by atoms with E-state index >= 15 is 0 Å². The number of alkyl carbamates (subject to hydrolysis) is 1. The molecule has 196 valence electrons. The van der Waals surface area contributed by atoms with Crippen molar-refractivity contribution in [1.82, 2.24) is 20.9 Å². The summed E-state index contributed by atoms with van der Waals surface area (Å²) in [6, 6.07) is 4.04. The smallest absolute Gasteiger partial charge is 0.407 e. The first kappa shape index (κ1) is 27.1. The summed E-state index contributed by atoms with van der Waals surface area (Å²) < 4.78 is 5.18. The summed E-state index contributed by atoms with van der Waals surface area (Å²) in [5.74, 6) is -2.06. The molecule has 2 aliphatic heterocycles. The maximum atomic E-state index is 13.1. The van der Waals surface area contributed by atoms with E-state index in [1.54, 1.807) is 18.2 Å². The molecule has 36 heavy (non-hydrogen) atoms. The first-order chi connectivity index (χ1) is 17.1. The lowest BCUT2D eigenvalue weighted by atomic mass is 10.0. The molecule has 0 bridgehead atoms. The van der Waals surface area contributed by atoms with Crippen LogP contribution in [0.2, 0.25) is 0 Å². The van der Waals surface area contributed by atoms with Crippen molar-refractivity contribution in [3.63, 3.8) is 0 Å². The van der Waals surface area contributed by atoms with Crippen LogP contribution < -0.4 is 21.3 Å². The number of carbonyl (C=O) groups is 5. The van der Waals surface area contributed by atoms with Gasteiger partial charge in [-0.2, -0.15) is 0 Å². The van der Waals surface area contributed by atoms with E-state index in [-0.39, 0.29) is 24.0 Å². The number of hydrogen-bond acceptors (Lipinski definition) is 8. The highest BCUT2D eigenvalue weighted by molar-refractivity contribution is 6.25. The molecule has 11 heteroatoms. The number of nitrogens with zero attached hydrogens (tertiary/aromatic N) is 1. The van der Waals surface area contributed by atoms with Crippen molar-refractivity contribution in [3.05, 3.63) is 29.3 Å². The van der Waals surface area contributed by atoms with Gasteiger partial charge in [-0.05, 0) is 71.7 Å². The average Bonchev–Trinajstić information content (AvgIpc) is 3.05. The van der Waals surface area contributed by atoms with E-state index in [1.165, 1.54) is 0 Å². The number of fused-ring (bicyclic) bond motifs is 1. The highest BCUT2D eigenvalue weighted by Crippen LogP contribution is 2.32. The molecule has 3 rings (SSSR count). The lowest BCUT2D eigenvalue weighted by Crippen LogP contribution is -2.54. The van der Waals surface area contributed by atoms with Crippen LogP contribution in [0.1, 0.15) is 73.6 Å². The molecule has 1 fully saturated rings.